The van der Waals surface area contributed by atoms with Crippen LogP contribution < -0.4 is 5.32 Å². The Bertz CT molecular complexity index is 244. The van der Waals surface area contributed by atoms with Crippen LogP contribution in [0, 0.1) is 11.8 Å². The second-order valence-corrected chi connectivity index (χ2v) is 6.02. The van der Waals surface area contributed by atoms with Gasteiger partial charge in [-0.1, -0.05) is 0 Å². The van der Waals surface area contributed by atoms with Gasteiger partial charge in [-0.3, -0.25) is 4.90 Å². The van der Waals surface area contributed by atoms with E-state index in [0.717, 1.165) is 31.1 Å². The van der Waals surface area contributed by atoms with Crippen molar-refractivity contribution in [1.82, 2.24) is 10.2 Å². The van der Waals surface area contributed by atoms with Crippen LogP contribution in [0.4, 0.5) is 0 Å². The maximum absolute atomic E-state index is 5.64. The number of fused-ring (bicyclic) bond motifs is 1. The fourth-order valence-corrected chi connectivity index (χ4v) is 3.89. The minimum absolute atomic E-state index is 0. The Balaban J connectivity index is 0.00000120. The van der Waals surface area contributed by atoms with Crippen LogP contribution in [0.15, 0.2) is 0 Å². The van der Waals surface area contributed by atoms with E-state index in [0.29, 0.717) is 0 Å². The average Bonchev–Trinajstić information content (AvgIpc) is 2.40. The zero-order valence-corrected chi connectivity index (χ0v) is 12.1. The molecule has 0 aliphatic carbocycles. The van der Waals surface area contributed by atoms with Gasteiger partial charge < -0.3 is 10.1 Å². The van der Waals surface area contributed by atoms with Crippen molar-refractivity contribution in [3.05, 3.63) is 0 Å². The van der Waals surface area contributed by atoms with E-state index in [1.807, 2.05) is 0 Å². The van der Waals surface area contributed by atoms with Crippen molar-refractivity contribution in [2.24, 2.45) is 11.8 Å². The molecule has 2 atom stereocenters. The molecule has 3 heterocycles. The molecule has 0 aromatic rings. The molecule has 0 radical (unpaired) electrons. The largest absolute Gasteiger partial charge is 0.381 e. The normalized spacial score (nSPS) is 34.7. The van der Waals surface area contributed by atoms with E-state index >= 15 is 0 Å². The van der Waals surface area contributed by atoms with Gasteiger partial charge in [-0.2, -0.15) is 0 Å². The molecule has 0 aromatic carbocycles. The summed E-state index contributed by atoms with van der Waals surface area (Å²) in [5.41, 5.74) is 0. The van der Waals surface area contributed by atoms with Crippen molar-refractivity contribution >= 4 is 12.4 Å². The smallest absolute Gasteiger partial charge is 0.0509 e. The van der Waals surface area contributed by atoms with Crippen LogP contribution in [0.25, 0.3) is 0 Å². The molecule has 1 N–H and O–H groups in total. The van der Waals surface area contributed by atoms with E-state index in [9.17, 15) is 0 Å². The lowest BCUT2D eigenvalue weighted by Gasteiger charge is -2.45. The third-order valence-corrected chi connectivity index (χ3v) is 4.87. The Hall–Kier alpha value is 0.170. The molecule has 3 aliphatic heterocycles. The maximum Gasteiger partial charge on any atom is 0.0509 e. The summed E-state index contributed by atoms with van der Waals surface area (Å²) in [6.45, 7) is 7.16. The second kappa shape index (κ2) is 7.09. The van der Waals surface area contributed by atoms with E-state index in [2.05, 4.69) is 10.2 Å². The van der Waals surface area contributed by atoms with Gasteiger partial charge in [-0.15, -0.1) is 12.4 Å². The third kappa shape index (κ3) is 3.38. The van der Waals surface area contributed by atoms with Crippen LogP contribution in [0.5, 0.6) is 0 Å². The van der Waals surface area contributed by atoms with Crippen LogP contribution >= 0.6 is 12.4 Å². The summed E-state index contributed by atoms with van der Waals surface area (Å²) >= 11 is 0. The summed E-state index contributed by atoms with van der Waals surface area (Å²) in [6, 6.07) is 0.840. The second-order valence-electron chi connectivity index (χ2n) is 6.02. The third-order valence-electron chi connectivity index (χ3n) is 4.87. The predicted molar refractivity (Wildman–Crippen MR) is 76.4 cm³/mol. The van der Waals surface area contributed by atoms with E-state index in [1.165, 1.54) is 58.3 Å². The van der Waals surface area contributed by atoms with Gasteiger partial charge in [0.15, 0.2) is 0 Å². The standard InChI is InChI=1S/C14H26N2O.ClH/c1-2-13-11-17-9-5-14(13)16(8-1)10-12-3-6-15-7-4-12;/h12-15H,1-11H2;1H. The first-order chi connectivity index (χ1) is 8.43. The quantitative estimate of drug-likeness (QED) is 0.833. The highest BCUT2D eigenvalue weighted by atomic mass is 35.5. The molecule has 0 spiro atoms. The molecule has 18 heavy (non-hydrogen) atoms. The molecule has 3 aliphatic rings. The first kappa shape index (κ1) is 14.6. The van der Waals surface area contributed by atoms with E-state index < -0.39 is 0 Å². The SMILES string of the molecule is C1CC2COCCC2N(CC2CCNCC2)C1.Cl. The molecule has 0 bridgehead atoms. The molecule has 3 nitrogen and oxygen atoms in total. The average molecular weight is 275 g/mol. The fraction of sp³-hybridized carbons (Fsp3) is 1.00. The number of piperidine rings is 2. The number of nitrogens with zero attached hydrogens (tertiary/aromatic N) is 1. The van der Waals surface area contributed by atoms with Gasteiger partial charge in [-0.05, 0) is 63.6 Å². The molecular formula is C14H27ClN2O. The first-order valence-electron chi connectivity index (χ1n) is 7.46. The molecule has 3 rings (SSSR count). The number of hydrogen-bond donors (Lipinski definition) is 1. The number of nitrogens with one attached hydrogen (secondary N) is 1. The summed E-state index contributed by atoms with van der Waals surface area (Å²) in [6.07, 6.45) is 6.81. The number of ether oxygens (including phenoxy) is 1. The van der Waals surface area contributed by atoms with Crippen molar-refractivity contribution in [3.63, 3.8) is 0 Å². The highest BCUT2D eigenvalue weighted by Gasteiger charge is 2.34. The molecule has 0 amide bonds. The molecule has 0 saturated carbocycles. The lowest BCUT2D eigenvalue weighted by Crippen LogP contribution is -2.51. The van der Waals surface area contributed by atoms with Crippen LogP contribution in [0.2, 0.25) is 0 Å². The Morgan fingerprint density at radius 2 is 1.94 bits per heavy atom. The molecule has 2 unspecified atom stereocenters. The van der Waals surface area contributed by atoms with Gasteiger partial charge in [0.25, 0.3) is 0 Å². The minimum atomic E-state index is 0. The Morgan fingerprint density at radius 1 is 1.11 bits per heavy atom. The molecule has 3 saturated heterocycles. The lowest BCUT2D eigenvalue weighted by atomic mass is 9.85. The van der Waals surface area contributed by atoms with Crippen molar-refractivity contribution in [3.8, 4) is 0 Å². The van der Waals surface area contributed by atoms with Gasteiger partial charge in [-0.25, -0.2) is 0 Å². The number of likely N-dealkylation sites (tertiary alicyclic amines) is 1. The summed E-state index contributed by atoms with van der Waals surface area (Å²) in [5.74, 6) is 1.78. The van der Waals surface area contributed by atoms with E-state index in [-0.39, 0.29) is 12.4 Å². The van der Waals surface area contributed by atoms with Gasteiger partial charge in [0, 0.05) is 19.2 Å². The first-order valence-corrected chi connectivity index (χ1v) is 7.46. The van der Waals surface area contributed by atoms with Crippen LogP contribution in [-0.4, -0.2) is 50.3 Å². The van der Waals surface area contributed by atoms with E-state index in [1.54, 1.807) is 0 Å². The summed E-state index contributed by atoms with van der Waals surface area (Å²) in [4.78, 5) is 2.80. The van der Waals surface area contributed by atoms with Crippen LogP contribution in [-0.2, 0) is 4.74 Å². The Morgan fingerprint density at radius 3 is 2.78 bits per heavy atom. The molecule has 4 heteroatoms. The van der Waals surface area contributed by atoms with Crippen molar-refractivity contribution < 1.29 is 4.74 Å². The highest BCUT2D eigenvalue weighted by molar-refractivity contribution is 5.85. The summed E-state index contributed by atoms with van der Waals surface area (Å²) in [5, 5.41) is 3.47. The molecular weight excluding hydrogens is 248 g/mol. The monoisotopic (exact) mass is 274 g/mol. The molecule has 0 aromatic heterocycles. The Labute approximate surface area is 117 Å². The zero-order valence-electron chi connectivity index (χ0n) is 11.3. The molecule has 3 fully saturated rings. The number of hydrogen-bond acceptors (Lipinski definition) is 3. The summed E-state index contributed by atoms with van der Waals surface area (Å²) < 4.78 is 5.64. The topological polar surface area (TPSA) is 24.5 Å². The Kier molecular flexibility index (Phi) is 5.74. The fourth-order valence-electron chi connectivity index (χ4n) is 3.89. The zero-order chi connectivity index (χ0) is 11.5. The van der Waals surface area contributed by atoms with Gasteiger partial charge in [0.2, 0.25) is 0 Å². The van der Waals surface area contributed by atoms with Gasteiger partial charge in [0.1, 0.15) is 0 Å². The maximum atomic E-state index is 5.64. The minimum Gasteiger partial charge on any atom is -0.381 e. The van der Waals surface area contributed by atoms with Gasteiger partial charge in [0.05, 0.1) is 6.61 Å². The number of rotatable bonds is 2. The van der Waals surface area contributed by atoms with Crippen molar-refractivity contribution in [2.45, 2.75) is 38.1 Å². The predicted octanol–water partition coefficient (Wildman–Crippen LogP) is 1.91. The van der Waals surface area contributed by atoms with Crippen LogP contribution in [0.1, 0.15) is 32.1 Å². The van der Waals surface area contributed by atoms with Crippen molar-refractivity contribution in [2.75, 3.05) is 39.4 Å². The van der Waals surface area contributed by atoms with Crippen molar-refractivity contribution in [1.29, 1.82) is 0 Å². The van der Waals surface area contributed by atoms with E-state index in [4.69, 9.17) is 4.74 Å². The lowest BCUT2D eigenvalue weighted by molar-refractivity contribution is -0.0411. The molecule has 106 valence electrons. The number of halogens is 1. The highest BCUT2D eigenvalue weighted by Crippen LogP contribution is 2.30. The van der Waals surface area contributed by atoms with Gasteiger partial charge >= 0.3 is 0 Å². The van der Waals surface area contributed by atoms with Crippen LogP contribution in [0.3, 0.4) is 0 Å². The summed E-state index contributed by atoms with van der Waals surface area (Å²) in [7, 11) is 0.